The van der Waals surface area contributed by atoms with E-state index in [9.17, 15) is 0 Å². The van der Waals surface area contributed by atoms with E-state index in [1.165, 1.54) is 5.56 Å². The largest absolute Gasteiger partial charge is 0.496 e. The van der Waals surface area contributed by atoms with Crippen molar-refractivity contribution < 1.29 is 9.47 Å². The van der Waals surface area contributed by atoms with Crippen molar-refractivity contribution in [3.05, 3.63) is 29.8 Å². The van der Waals surface area contributed by atoms with Gasteiger partial charge in [-0.25, -0.2) is 0 Å². The molecule has 0 aromatic heterocycles. The maximum atomic E-state index is 5.32. The SMILES string of the molecule is COc1ccccc1CCNC1CCOC1. The number of ether oxygens (including phenoxy) is 2. The van der Waals surface area contributed by atoms with Gasteiger partial charge < -0.3 is 14.8 Å². The van der Waals surface area contributed by atoms with Gasteiger partial charge in [0.1, 0.15) is 5.75 Å². The topological polar surface area (TPSA) is 30.5 Å². The third kappa shape index (κ3) is 2.97. The summed E-state index contributed by atoms with van der Waals surface area (Å²) in [5, 5.41) is 3.50. The molecule has 0 spiro atoms. The first-order valence-electron chi connectivity index (χ1n) is 5.83. The molecule has 3 heteroatoms. The van der Waals surface area contributed by atoms with Gasteiger partial charge in [0.15, 0.2) is 0 Å². The molecule has 1 aliphatic heterocycles. The second kappa shape index (κ2) is 5.87. The van der Waals surface area contributed by atoms with Crippen LogP contribution in [0.15, 0.2) is 24.3 Å². The average Bonchev–Trinajstić information content (AvgIpc) is 2.83. The molecule has 1 N–H and O–H groups in total. The predicted octanol–water partition coefficient (Wildman–Crippen LogP) is 1.62. The van der Waals surface area contributed by atoms with Crippen molar-refractivity contribution in [2.45, 2.75) is 18.9 Å². The molecule has 88 valence electrons. The third-order valence-corrected chi connectivity index (χ3v) is 2.95. The molecule has 1 aromatic carbocycles. The summed E-state index contributed by atoms with van der Waals surface area (Å²) in [4.78, 5) is 0. The van der Waals surface area contributed by atoms with Gasteiger partial charge in [0.2, 0.25) is 0 Å². The van der Waals surface area contributed by atoms with E-state index in [4.69, 9.17) is 9.47 Å². The van der Waals surface area contributed by atoms with Gasteiger partial charge in [-0.1, -0.05) is 18.2 Å². The van der Waals surface area contributed by atoms with Crippen LogP contribution in [-0.2, 0) is 11.2 Å². The lowest BCUT2D eigenvalue weighted by Crippen LogP contribution is -2.30. The van der Waals surface area contributed by atoms with Gasteiger partial charge >= 0.3 is 0 Å². The van der Waals surface area contributed by atoms with E-state index < -0.39 is 0 Å². The molecule has 3 nitrogen and oxygen atoms in total. The minimum absolute atomic E-state index is 0.537. The molecule has 0 saturated carbocycles. The van der Waals surface area contributed by atoms with E-state index in [0.29, 0.717) is 6.04 Å². The standard InChI is InChI=1S/C13H19NO2/c1-15-13-5-3-2-4-11(13)6-8-14-12-7-9-16-10-12/h2-5,12,14H,6-10H2,1H3. The van der Waals surface area contributed by atoms with Gasteiger partial charge in [0.05, 0.1) is 13.7 Å². The molecule has 1 aromatic rings. The first-order valence-corrected chi connectivity index (χ1v) is 5.83. The predicted molar refractivity (Wildman–Crippen MR) is 63.9 cm³/mol. The van der Waals surface area contributed by atoms with Gasteiger partial charge in [-0.3, -0.25) is 0 Å². The van der Waals surface area contributed by atoms with Crippen molar-refractivity contribution >= 4 is 0 Å². The number of nitrogens with one attached hydrogen (secondary N) is 1. The number of rotatable bonds is 5. The van der Waals surface area contributed by atoms with E-state index in [2.05, 4.69) is 17.4 Å². The Labute approximate surface area is 96.8 Å². The first-order chi connectivity index (χ1) is 7.90. The van der Waals surface area contributed by atoms with Crippen molar-refractivity contribution in [2.24, 2.45) is 0 Å². The van der Waals surface area contributed by atoms with Crippen LogP contribution >= 0.6 is 0 Å². The molecule has 1 saturated heterocycles. The van der Waals surface area contributed by atoms with Gasteiger partial charge in [-0.05, 0) is 31.0 Å². The van der Waals surface area contributed by atoms with Crippen molar-refractivity contribution in [1.82, 2.24) is 5.32 Å². The van der Waals surface area contributed by atoms with Gasteiger partial charge in [-0.15, -0.1) is 0 Å². The Morgan fingerprint density at radius 2 is 2.31 bits per heavy atom. The molecule has 0 amide bonds. The Morgan fingerprint density at radius 3 is 3.06 bits per heavy atom. The van der Waals surface area contributed by atoms with Gasteiger partial charge in [-0.2, -0.15) is 0 Å². The summed E-state index contributed by atoms with van der Waals surface area (Å²) in [5.74, 6) is 0.979. The van der Waals surface area contributed by atoms with Crippen LogP contribution in [0.4, 0.5) is 0 Å². The lowest BCUT2D eigenvalue weighted by atomic mass is 10.1. The molecule has 16 heavy (non-hydrogen) atoms. The molecule has 1 unspecified atom stereocenters. The van der Waals surface area contributed by atoms with Crippen LogP contribution in [0.5, 0.6) is 5.75 Å². The van der Waals surface area contributed by atoms with Gasteiger partial charge in [0.25, 0.3) is 0 Å². The molecule has 1 aliphatic rings. The van der Waals surface area contributed by atoms with E-state index in [1.54, 1.807) is 7.11 Å². The highest BCUT2D eigenvalue weighted by Crippen LogP contribution is 2.17. The Morgan fingerprint density at radius 1 is 1.44 bits per heavy atom. The fourth-order valence-corrected chi connectivity index (χ4v) is 2.02. The Bertz CT molecular complexity index is 321. The summed E-state index contributed by atoms with van der Waals surface area (Å²) in [5.41, 5.74) is 1.26. The lowest BCUT2D eigenvalue weighted by molar-refractivity contribution is 0.190. The minimum Gasteiger partial charge on any atom is -0.496 e. The maximum absolute atomic E-state index is 5.32. The summed E-state index contributed by atoms with van der Waals surface area (Å²) in [7, 11) is 1.72. The molecular formula is C13H19NO2. The summed E-state index contributed by atoms with van der Waals surface area (Å²) in [6, 6.07) is 8.71. The van der Waals surface area contributed by atoms with Crippen molar-refractivity contribution in [3.8, 4) is 5.75 Å². The van der Waals surface area contributed by atoms with Crippen LogP contribution < -0.4 is 10.1 Å². The smallest absolute Gasteiger partial charge is 0.122 e. The highest BCUT2D eigenvalue weighted by atomic mass is 16.5. The molecule has 1 heterocycles. The van der Waals surface area contributed by atoms with E-state index in [1.807, 2.05) is 12.1 Å². The van der Waals surface area contributed by atoms with Gasteiger partial charge in [0, 0.05) is 12.6 Å². The molecule has 0 radical (unpaired) electrons. The van der Waals surface area contributed by atoms with E-state index >= 15 is 0 Å². The van der Waals surface area contributed by atoms with Crippen molar-refractivity contribution in [2.75, 3.05) is 26.9 Å². The van der Waals surface area contributed by atoms with Crippen LogP contribution in [0.2, 0.25) is 0 Å². The fourth-order valence-electron chi connectivity index (χ4n) is 2.02. The molecule has 0 aliphatic carbocycles. The lowest BCUT2D eigenvalue weighted by Gasteiger charge is -2.12. The number of para-hydroxylation sites is 1. The quantitative estimate of drug-likeness (QED) is 0.819. The number of benzene rings is 1. The zero-order chi connectivity index (χ0) is 11.2. The first kappa shape index (κ1) is 11.4. The monoisotopic (exact) mass is 221 g/mol. The molecular weight excluding hydrogens is 202 g/mol. The molecule has 1 atom stereocenters. The van der Waals surface area contributed by atoms with Crippen molar-refractivity contribution in [3.63, 3.8) is 0 Å². The summed E-state index contributed by atoms with van der Waals surface area (Å²) >= 11 is 0. The average molecular weight is 221 g/mol. The van der Waals surface area contributed by atoms with Crippen LogP contribution in [0.25, 0.3) is 0 Å². The summed E-state index contributed by atoms with van der Waals surface area (Å²) in [6.07, 6.45) is 2.13. The zero-order valence-electron chi connectivity index (χ0n) is 9.74. The Balaban J connectivity index is 1.79. The second-order valence-electron chi connectivity index (χ2n) is 4.08. The molecule has 1 fully saturated rings. The number of hydrogen-bond donors (Lipinski definition) is 1. The van der Waals surface area contributed by atoms with Crippen LogP contribution in [0, 0.1) is 0 Å². The summed E-state index contributed by atoms with van der Waals surface area (Å²) < 4.78 is 10.6. The number of methoxy groups -OCH3 is 1. The van der Waals surface area contributed by atoms with Crippen LogP contribution in [0.1, 0.15) is 12.0 Å². The Hall–Kier alpha value is -1.06. The van der Waals surface area contributed by atoms with Crippen LogP contribution in [0.3, 0.4) is 0 Å². The molecule has 2 rings (SSSR count). The van der Waals surface area contributed by atoms with E-state index in [0.717, 1.165) is 38.3 Å². The highest BCUT2D eigenvalue weighted by Gasteiger charge is 2.14. The third-order valence-electron chi connectivity index (χ3n) is 2.95. The normalized spacial score (nSPS) is 19.9. The maximum Gasteiger partial charge on any atom is 0.122 e. The molecule has 0 bridgehead atoms. The van der Waals surface area contributed by atoms with Crippen molar-refractivity contribution in [1.29, 1.82) is 0 Å². The Kier molecular flexibility index (Phi) is 4.19. The zero-order valence-corrected chi connectivity index (χ0v) is 9.74. The second-order valence-corrected chi connectivity index (χ2v) is 4.08. The summed E-state index contributed by atoms with van der Waals surface area (Å²) in [6.45, 7) is 2.73. The minimum atomic E-state index is 0.537. The highest BCUT2D eigenvalue weighted by molar-refractivity contribution is 5.33. The number of hydrogen-bond acceptors (Lipinski definition) is 3. The van der Waals surface area contributed by atoms with E-state index in [-0.39, 0.29) is 0 Å². The van der Waals surface area contributed by atoms with Crippen LogP contribution in [-0.4, -0.2) is 32.9 Å². The fraction of sp³-hybridized carbons (Fsp3) is 0.538.